The lowest BCUT2D eigenvalue weighted by Gasteiger charge is -2.37. The predicted molar refractivity (Wildman–Crippen MR) is 100 cm³/mol. The standard InChI is InChI=1S/C17H26N2O3S2/c1-12(2)15-11-19(9-10-23-15)13(3)17(20)18-14-7-5-6-8-16(14)24(4,21)22/h5-8,12-13,15H,9-11H2,1-4H3,(H,18,20)/t13-,15-/m1/s1. The minimum Gasteiger partial charge on any atom is -0.324 e. The molecule has 0 radical (unpaired) electrons. The maximum atomic E-state index is 12.6. The van der Waals surface area contributed by atoms with E-state index in [4.69, 9.17) is 0 Å². The highest BCUT2D eigenvalue weighted by atomic mass is 32.2. The minimum atomic E-state index is -3.38. The Morgan fingerprint density at radius 3 is 2.58 bits per heavy atom. The molecule has 2 rings (SSSR count). The second-order valence-electron chi connectivity index (χ2n) is 6.58. The van der Waals surface area contributed by atoms with Gasteiger partial charge < -0.3 is 5.32 Å². The van der Waals surface area contributed by atoms with Crippen molar-refractivity contribution in [3.63, 3.8) is 0 Å². The van der Waals surface area contributed by atoms with Crippen LogP contribution in [0.2, 0.25) is 0 Å². The van der Waals surface area contributed by atoms with Gasteiger partial charge in [0.2, 0.25) is 5.91 Å². The molecule has 0 bridgehead atoms. The molecule has 0 unspecified atom stereocenters. The minimum absolute atomic E-state index is 0.153. The van der Waals surface area contributed by atoms with E-state index in [0.29, 0.717) is 16.9 Å². The van der Waals surface area contributed by atoms with Crippen LogP contribution >= 0.6 is 11.8 Å². The number of carbonyl (C=O) groups excluding carboxylic acids is 1. The van der Waals surface area contributed by atoms with Gasteiger partial charge in [0.05, 0.1) is 16.6 Å². The Bertz CT molecular complexity index is 689. The Kier molecular flexibility index (Phi) is 6.33. The normalized spacial score (nSPS) is 20.8. The van der Waals surface area contributed by atoms with Gasteiger partial charge in [0.25, 0.3) is 0 Å². The van der Waals surface area contributed by atoms with E-state index in [9.17, 15) is 13.2 Å². The zero-order chi connectivity index (χ0) is 17.9. The number of para-hydroxylation sites is 1. The quantitative estimate of drug-likeness (QED) is 0.863. The average molecular weight is 371 g/mol. The predicted octanol–water partition coefficient (Wildman–Crippen LogP) is 2.49. The summed E-state index contributed by atoms with van der Waals surface area (Å²) < 4.78 is 23.7. The molecular formula is C17H26N2O3S2. The fourth-order valence-electron chi connectivity index (χ4n) is 2.75. The van der Waals surface area contributed by atoms with Crippen molar-refractivity contribution in [3.05, 3.63) is 24.3 Å². The summed E-state index contributed by atoms with van der Waals surface area (Å²) in [5, 5.41) is 3.32. The van der Waals surface area contributed by atoms with Gasteiger partial charge in [-0.25, -0.2) is 8.42 Å². The second-order valence-corrected chi connectivity index (χ2v) is 9.91. The molecule has 1 saturated heterocycles. The summed E-state index contributed by atoms with van der Waals surface area (Å²) in [6.07, 6.45) is 1.15. The Labute approximate surface area is 149 Å². The average Bonchev–Trinajstić information content (AvgIpc) is 2.53. The number of nitrogens with zero attached hydrogens (tertiary/aromatic N) is 1. The molecule has 1 fully saturated rings. The first kappa shape index (κ1) is 19.3. The number of nitrogens with one attached hydrogen (secondary N) is 1. The molecule has 1 N–H and O–H groups in total. The maximum absolute atomic E-state index is 12.6. The number of sulfone groups is 1. The monoisotopic (exact) mass is 370 g/mol. The third-order valence-corrected chi connectivity index (χ3v) is 7.03. The summed E-state index contributed by atoms with van der Waals surface area (Å²) in [4.78, 5) is 14.9. The largest absolute Gasteiger partial charge is 0.324 e. The summed E-state index contributed by atoms with van der Waals surface area (Å²) in [5.41, 5.74) is 0.351. The van der Waals surface area contributed by atoms with E-state index < -0.39 is 9.84 Å². The molecule has 0 aliphatic carbocycles. The number of benzene rings is 1. The number of hydrogen-bond donors (Lipinski definition) is 1. The van der Waals surface area contributed by atoms with Gasteiger partial charge in [-0.15, -0.1) is 0 Å². The van der Waals surface area contributed by atoms with Crippen molar-refractivity contribution in [1.82, 2.24) is 4.90 Å². The summed E-state index contributed by atoms with van der Waals surface area (Å²) >= 11 is 1.96. The summed E-state index contributed by atoms with van der Waals surface area (Å²) in [6.45, 7) is 8.04. The first-order valence-electron chi connectivity index (χ1n) is 8.15. The van der Waals surface area contributed by atoms with Crippen molar-refractivity contribution in [2.45, 2.75) is 37.0 Å². The van der Waals surface area contributed by atoms with Gasteiger partial charge in [0.1, 0.15) is 0 Å². The number of thioether (sulfide) groups is 1. The zero-order valence-corrected chi connectivity index (χ0v) is 16.3. The van der Waals surface area contributed by atoms with Crippen LogP contribution in [0.4, 0.5) is 5.69 Å². The van der Waals surface area contributed by atoms with Crippen LogP contribution in [0.3, 0.4) is 0 Å². The van der Waals surface area contributed by atoms with Gasteiger partial charge in [-0.1, -0.05) is 26.0 Å². The molecule has 1 aromatic rings. The number of rotatable bonds is 5. The van der Waals surface area contributed by atoms with Crippen molar-refractivity contribution < 1.29 is 13.2 Å². The smallest absolute Gasteiger partial charge is 0.241 e. The van der Waals surface area contributed by atoms with E-state index in [1.807, 2.05) is 18.7 Å². The SMILES string of the molecule is CC(C)[C@H]1CN([C@H](C)C(=O)Nc2ccccc2S(C)(=O)=O)CCS1. The number of carbonyl (C=O) groups is 1. The zero-order valence-electron chi connectivity index (χ0n) is 14.7. The fourth-order valence-corrected chi connectivity index (χ4v) is 4.92. The van der Waals surface area contributed by atoms with Crippen molar-refractivity contribution in [1.29, 1.82) is 0 Å². The van der Waals surface area contributed by atoms with E-state index in [1.54, 1.807) is 18.2 Å². The Morgan fingerprint density at radius 2 is 1.96 bits per heavy atom. The first-order chi connectivity index (χ1) is 11.2. The van der Waals surface area contributed by atoms with Crippen LogP contribution in [-0.2, 0) is 14.6 Å². The molecule has 1 aromatic carbocycles. The van der Waals surface area contributed by atoms with E-state index >= 15 is 0 Å². The Morgan fingerprint density at radius 1 is 1.29 bits per heavy atom. The van der Waals surface area contributed by atoms with Crippen LogP contribution in [0.25, 0.3) is 0 Å². The lowest BCUT2D eigenvalue weighted by molar-refractivity contribution is -0.120. The maximum Gasteiger partial charge on any atom is 0.241 e. The molecule has 0 spiro atoms. The van der Waals surface area contributed by atoms with Gasteiger partial charge in [-0.3, -0.25) is 9.69 Å². The molecule has 2 atom stereocenters. The molecule has 24 heavy (non-hydrogen) atoms. The molecule has 1 aliphatic heterocycles. The Hall–Kier alpha value is -1.05. The van der Waals surface area contributed by atoms with Gasteiger partial charge in [0, 0.05) is 30.3 Å². The van der Waals surface area contributed by atoms with Crippen LogP contribution in [0.15, 0.2) is 29.2 Å². The van der Waals surface area contributed by atoms with E-state index in [-0.39, 0.29) is 16.8 Å². The number of anilines is 1. The van der Waals surface area contributed by atoms with Crippen LogP contribution in [0, 0.1) is 5.92 Å². The lowest BCUT2D eigenvalue weighted by atomic mass is 10.1. The van der Waals surface area contributed by atoms with E-state index in [2.05, 4.69) is 24.1 Å². The van der Waals surface area contributed by atoms with E-state index in [0.717, 1.165) is 25.1 Å². The van der Waals surface area contributed by atoms with Crippen molar-refractivity contribution in [2.75, 3.05) is 30.4 Å². The van der Waals surface area contributed by atoms with Gasteiger partial charge >= 0.3 is 0 Å². The topological polar surface area (TPSA) is 66.5 Å². The van der Waals surface area contributed by atoms with Crippen LogP contribution < -0.4 is 5.32 Å². The van der Waals surface area contributed by atoms with Crippen molar-refractivity contribution in [2.24, 2.45) is 5.92 Å². The highest BCUT2D eigenvalue weighted by molar-refractivity contribution is 8.00. The third kappa shape index (κ3) is 4.74. The first-order valence-corrected chi connectivity index (χ1v) is 11.1. The molecule has 134 valence electrons. The van der Waals surface area contributed by atoms with E-state index in [1.165, 1.54) is 6.07 Å². The van der Waals surface area contributed by atoms with Gasteiger partial charge in [-0.2, -0.15) is 11.8 Å². The van der Waals surface area contributed by atoms with Crippen LogP contribution in [0.5, 0.6) is 0 Å². The highest BCUT2D eigenvalue weighted by Gasteiger charge is 2.29. The number of hydrogen-bond acceptors (Lipinski definition) is 5. The third-order valence-electron chi connectivity index (χ3n) is 4.34. The van der Waals surface area contributed by atoms with Gasteiger partial charge in [0.15, 0.2) is 9.84 Å². The van der Waals surface area contributed by atoms with Crippen LogP contribution in [-0.4, -0.2) is 55.6 Å². The second kappa shape index (κ2) is 7.89. The molecule has 7 heteroatoms. The molecule has 1 aliphatic rings. The molecule has 1 amide bonds. The summed E-state index contributed by atoms with van der Waals surface area (Å²) in [5.74, 6) is 1.42. The highest BCUT2D eigenvalue weighted by Crippen LogP contribution is 2.27. The summed E-state index contributed by atoms with van der Waals surface area (Å²) in [7, 11) is -3.38. The molecule has 5 nitrogen and oxygen atoms in total. The molecule has 1 heterocycles. The molecular weight excluding hydrogens is 344 g/mol. The lowest BCUT2D eigenvalue weighted by Crippen LogP contribution is -2.49. The molecule has 0 aromatic heterocycles. The van der Waals surface area contributed by atoms with Crippen molar-refractivity contribution >= 4 is 33.2 Å². The Balaban J connectivity index is 2.10. The fraction of sp³-hybridized carbons (Fsp3) is 0.588. The van der Waals surface area contributed by atoms with Crippen LogP contribution in [0.1, 0.15) is 20.8 Å². The summed E-state index contributed by atoms with van der Waals surface area (Å²) in [6, 6.07) is 6.23. The molecule has 0 saturated carbocycles. The van der Waals surface area contributed by atoms with Crippen molar-refractivity contribution in [3.8, 4) is 0 Å². The van der Waals surface area contributed by atoms with Gasteiger partial charge in [-0.05, 0) is 25.0 Å². The number of amides is 1.